The van der Waals surface area contributed by atoms with Crippen LogP contribution in [-0.2, 0) is 12.2 Å². The summed E-state index contributed by atoms with van der Waals surface area (Å²) in [6.45, 7) is 0.662. The van der Waals surface area contributed by atoms with Crippen molar-refractivity contribution in [2.45, 2.75) is 12.2 Å². The summed E-state index contributed by atoms with van der Waals surface area (Å²) in [5.41, 5.74) is 13.1. The van der Waals surface area contributed by atoms with E-state index in [1.54, 1.807) is 30.1 Å². The van der Waals surface area contributed by atoms with Gasteiger partial charge in [0.2, 0.25) is 11.1 Å². The number of halogens is 1. The van der Waals surface area contributed by atoms with Crippen LogP contribution in [0.15, 0.2) is 45.6 Å². The summed E-state index contributed by atoms with van der Waals surface area (Å²) in [4.78, 5) is 27.6. The van der Waals surface area contributed by atoms with E-state index in [0.717, 1.165) is 22.8 Å². The molecule has 3 aromatic rings. The molecule has 6 N–H and O–H groups in total. The molecule has 0 aliphatic rings. The molecule has 0 aliphatic heterocycles. The van der Waals surface area contributed by atoms with Crippen molar-refractivity contribution >= 4 is 51.7 Å². The van der Waals surface area contributed by atoms with E-state index in [9.17, 15) is 4.79 Å². The molecule has 2 heterocycles. The molecule has 0 amide bonds. The number of hydrogen-bond acceptors (Lipinski definition) is 7. The predicted molar refractivity (Wildman–Crippen MR) is 121 cm³/mol. The maximum atomic E-state index is 12.3. The van der Waals surface area contributed by atoms with Gasteiger partial charge in [0.05, 0.1) is 5.69 Å². The van der Waals surface area contributed by atoms with Crippen LogP contribution in [-0.4, -0.2) is 33.2 Å². The number of anilines is 1. The molecule has 0 spiro atoms. The van der Waals surface area contributed by atoms with Crippen LogP contribution < -0.4 is 22.3 Å². The van der Waals surface area contributed by atoms with Crippen molar-refractivity contribution < 1.29 is 0 Å². The normalized spacial score (nSPS) is 10.7. The number of guanidine groups is 1. The van der Waals surface area contributed by atoms with Crippen molar-refractivity contribution in [1.82, 2.24) is 15.0 Å². The summed E-state index contributed by atoms with van der Waals surface area (Å²) in [5, 5.41) is 6.28. The smallest absolute Gasteiger partial charge is 0.255 e. The number of aliphatic imine (C=N–C) groups is 1. The Labute approximate surface area is 180 Å². The molecule has 1 aromatic carbocycles. The molecule has 0 bridgehead atoms. The number of rotatable bonds is 9. The van der Waals surface area contributed by atoms with Gasteiger partial charge in [-0.1, -0.05) is 23.7 Å². The first-order valence-corrected chi connectivity index (χ1v) is 11.1. The number of hydrogen-bond donors (Lipinski definition) is 4. The summed E-state index contributed by atoms with van der Waals surface area (Å²) in [6.07, 6.45) is 2.11. The molecule has 8 nitrogen and oxygen atoms in total. The van der Waals surface area contributed by atoms with Crippen LogP contribution in [0.4, 0.5) is 11.1 Å². The molecule has 3 rings (SSSR count). The van der Waals surface area contributed by atoms with Crippen molar-refractivity contribution in [1.29, 1.82) is 0 Å². The van der Waals surface area contributed by atoms with Gasteiger partial charge in [-0.2, -0.15) is 16.8 Å². The number of H-pyrrole nitrogens is 1. The van der Waals surface area contributed by atoms with Gasteiger partial charge in [-0.3, -0.25) is 9.78 Å². The van der Waals surface area contributed by atoms with E-state index < -0.39 is 0 Å². The first kappa shape index (κ1) is 21.2. The number of nitrogens with one attached hydrogen (secondary N) is 2. The van der Waals surface area contributed by atoms with Gasteiger partial charge in [0.25, 0.3) is 5.56 Å². The lowest BCUT2D eigenvalue weighted by atomic mass is 10.1. The van der Waals surface area contributed by atoms with Gasteiger partial charge in [-0.25, -0.2) is 9.97 Å². The van der Waals surface area contributed by atoms with Gasteiger partial charge in [0.15, 0.2) is 5.96 Å². The zero-order valence-electron chi connectivity index (χ0n) is 15.4. The average Bonchev–Trinajstić information content (AvgIpc) is 3.12. The SMILES string of the molecule is NC(N)=Nc1nc(CSCCNc2ncc(Cc3ccc(Cl)cc3)c(=O)[nH]2)cs1. The van der Waals surface area contributed by atoms with E-state index in [2.05, 4.69) is 25.3 Å². The van der Waals surface area contributed by atoms with Crippen molar-refractivity contribution in [2.24, 2.45) is 16.5 Å². The fraction of sp³-hybridized carbons (Fsp3) is 0.222. The summed E-state index contributed by atoms with van der Waals surface area (Å²) in [6, 6.07) is 7.40. The summed E-state index contributed by atoms with van der Waals surface area (Å²) in [5.74, 6) is 2.04. The van der Waals surface area contributed by atoms with Gasteiger partial charge in [0.1, 0.15) is 0 Å². The topological polar surface area (TPSA) is 135 Å². The summed E-state index contributed by atoms with van der Waals surface area (Å²) in [7, 11) is 0. The number of thioether (sulfide) groups is 1. The zero-order valence-corrected chi connectivity index (χ0v) is 17.8. The molecule has 0 saturated carbocycles. The molecule has 0 radical (unpaired) electrons. The highest BCUT2D eigenvalue weighted by Crippen LogP contribution is 2.21. The Morgan fingerprint density at radius 3 is 2.83 bits per heavy atom. The van der Waals surface area contributed by atoms with E-state index >= 15 is 0 Å². The average molecular weight is 450 g/mol. The molecule has 11 heteroatoms. The van der Waals surface area contributed by atoms with Crippen LogP contribution in [0.1, 0.15) is 16.8 Å². The number of aromatic nitrogens is 3. The Morgan fingerprint density at radius 2 is 2.10 bits per heavy atom. The lowest BCUT2D eigenvalue weighted by Crippen LogP contribution is -2.21. The molecular weight excluding hydrogens is 430 g/mol. The highest BCUT2D eigenvalue weighted by Gasteiger charge is 2.05. The third-order valence-corrected chi connectivity index (χ3v) is 5.76. The van der Waals surface area contributed by atoms with Crippen LogP contribution in [0.5, 0.6) is 0 Å². The molecule has 152 valence electrons. The molecule has 0 saturated heterocycles. The minimum atomic E-state index is -0.153. The van der Waals surface area contributed by atoms with Crippen LogP contribution in [0.3, 0.4) is 0 Å². The van der Waals surface area contributed by atoms with E-state index in [1.807, 2.05) is 17.5 Å². The molecule has 2 aromatic heterocycles. The van der Waals surface area contributed by atoms with Crippen molar-refractivity contribution in [3.63, 3.8) is 0 Å². The van der Waals surface area contributed by atoms with Gasteiger partial charge in [0, 0.05) is 46.6 Å². The third kappa shape index (κ3) is 6.77. The standard InChI is InChI=1S/C18H20ClN7OS2/c19-13-3-1-11(2-4-13)7-12-8-23-17(25-15(12)27)22-5-6-28-9-14-10-29-18(24-14)26-16(20)21/h1-4,8,10H,5-7,9H2,(H4,20,21,24,26)(H2,22,23,25,27). The third-order valence-electron chi connectivity index (χ3n) is 3.73. The van der Waals surface area contributed by atoms with E-state index in [0.29, 0.717) is 34.6 Å². The fourth-order valence-corrected chi connectivity index (χ4v) is 4.09. The zero-order chi connectivity index (χ0) is 20.6. The lowest BCUT2D eigenvalue weighted by Gasteiger charge is -2.06. The highest BCUT2D eigenvalue weighted by molar-refractivity contribution is 7.98. The molecule has 0 aliphatic carbocycles. The van der Waals surface area contributed by atoms with Crippen LogP contribution >= 0.6 is 34.7 Å². The second kappa shape index (κ2) is 10.3. The van der Waals surface area contributed by atoms with Crippen molar-refractivity contribution in [3.8, 4) is 0 Å². The summed E-state index contributed by atoms with van der Waals surface area (Å²) < 4.78 is 0. The first-order valence-electron chi connectivity index (χ1n) is 8.68. The Kier molecular flexibility index (Phi) is 7.50. The molecular formula is C18H20ClN7OS2. The quantitative estimate of drug-likeness (QED) is 0.224. The Balaban J connectivity index is 1.43. The van der Waals surface area contributed by atoms with E-state index in [1.165, 1.54) is 11.3 Å². The van der Waals surface area contributed by atoms with Crippen LogP contribution in [0.25, 0.3) is 0 Å². The maximum Gasteiger partial charge on any atom is 0.255 e. The number of benzene rings is 1. The second-order valence-electron chi connectivity index (χ2n) is 6.03. The molecule has 29 heavy (non-hydrogen) atoms. The maximum absolute atomic E-state index is 12.3. The minimum absolute atomic E-state index is 0.00318. The molecule has 0 fully saturated rings. The van der Waals surface area contributed by atoms with E-state index in [4.69, 9.17) is 23.1 Å². The minimum Gasteiger partial charge on any atom is -0.370 e. The van der Waals surface area contributed by atoms with Crippen LogP contribution in [0, 0.1) is 0 Å². The Hall–Kier alpha value is -2.56. The van der Waals surface area contributed by atoms with Gasteiger partial charge >= 0.3 is 0 Å². The van der Waals surface area contributed by atoms with Gasteiger partial charge in [-0.05, 0) is 17.7 Å². The number of aromatic amines is 1. The van der Waals surface area contributed by atoms with Crippen molar-refractivity contribution in [2.75, 3.05) is 17.6 Å². The monoisotopic (exact) mass is 449 g/mol. The number of thiazole rings is 1. The molecule has 0 unspecified atom stereocenters. The highest BCUT2D eigenvalue weighted by atomic mass is 35.5. The van der Waals surface area contributed by atoms with E-state index in [-0.39, 0.29) is 11.5 Å². The summed E-state index contributed by atoms with van der Waals surface area (Å²) >= 11 is 8.99. The van der Waals surface area contributed by atoms with Gasteiger partial charge < -0.3 is 16.8 Å². The lowest BCUT2D eigenvalue weighted by molar-refractivity contribution is 1.01. The van der Waals surface area contributed by atoms with Gasteiger partial charge in [-0.15, -0.1) is 11.3 Å². The predicted octanol–water partition coefficient (Wildman–Crippen LogP) is 2.72. The second-order valence-corrected chi connectivity index (χ2v) is 8.41. The Morgan fingerprint density at radius 1 is 1.31 bits per heavy atom. The number of nitrogens with two attached hydrogens (primary N) is 2. The fourth-order valence-electron chi connectivity index (χ4n) is 2.40. The van der Waals surface area contributed by atoms with Crippen molar-refractivity contribution in [3.05, 3.63) is 68.0 Å². The molecule has 0 atom stereocenters. The first-order chi connectivity index (χ1) is 14.0. The largest absolute Gasteiger partial charge is 0.370 e. The number of nitrogens with zero attached hydrogens (tertiary/aromatic N) is 3. The Bertz CT molecular complexity index is 1030. The van der Waals surface area contributed by atoms with Crippen LogP contribution in [0.2, 0.25) is 5.02 Å².